The Morgan fingerprint density at radius 1 is 1.27 bits per heavy atom. The van der Waals surface area contributed by atoms with Crippen LogP contribution in [0.25, 0.3) is 0 Å². The lowest BCUT2D eigenvalue weighted by molar-refractivity contribution is -0.163. The number of rotatable bonds is 5. The molecular weight excluding hydrogens is 408 g/mol. The highest BCUT2D eigenvalue weighted by Crippen LogP contribution is 2.51. The fourth-order valence-electron chi connectivity index (χ4n) is 5.19. The molecule has 0 aromatic rings. The second-order valence-electron chi connectivity index (χ2n) is 8.85. The second kappa shape index (κ2) is 8.14. The summed E-state index contributed by atoms with van der Waals surface area (Å²) in [6, 6.07) is -0.289. The zero-order valence-corrected chi connectivity index (χ0v) is 18.3. The van der Waals surface area contributed by atoms with E-state index < -0.39 is 18.0 Å². The van der Waals surface area contributed by atoms with Gasteiger partial charge in [-0.1, -0.05) is 6.92 Å². The molecule has 0 aromatic carbocycles. The van der Waals surface area contributed by atoms with Gasteiger partial charge >= 0.3 is 5.97 Å². The highest BCUT2D eigenvalue weighted by Gasteiger charge is 2.60. The monoisotopic (exact) mass is 438 g/mol. The molecule has 0 unspecified atom stereocenters. The Balaban J connectivity index is 1.45. The summed E-state index contributed by atoms with van der Waals surface area (Å²) in [4.78, 5) is 41.2. The first-order valence-electron chi connectivity index (χ1n) is 10.6. The van der Waals surface area contributed by atoms with E-state index in [-0.39, 0.29) is 46.8 Å². The predicted molar refractivity (Wildman–Crippen MR) is 111 cm³/mol. The van der Waals surface area contributed by atoms with Gasteiger partial charge in [-0.05, 0) is 20.3 Å². The second-order valence-corrected chi connectivity index (χ2v) is 10.2. The quantitative estimate of drug-likeness (QED) is 0.421. The van der Waals surface area contributed by atoms with Crippen molar-refractivity contribution in [1.82, 2.24) is 20.4 Å². The van der Waals surface area contributed by atoms with Crippen molar-refractivity contribution in [1.29, 1.82) is 0 Å². The molecule has 0 radical (unpaired) electrons. The molecule has 0 spiro atoms. The van der Waals surface area contributed by atoms with Gasteiger partial charge < -0.3 is 30.6 Å². The van der Waals surface area contributed by atoms with Crippen LogP contribution in [0.4, 0.5) is 0 Å². The van der Waals surface area contributed by atoms with Gasteiger partial charge in [-0.2, -0.15) is 0 Å². The molecule has 3 saturated heterocycles. The molecule has 9 nitrogen and oxygen atoms in total. The average molecular weight is 439 g/mol. The van der Waals surface area contributed by atoms with Gasteiger partial charge in [0.15, 0.2) is 0 Å². The third-order valence-electron chi connectivity index (χ3n) is 6.67. The first-order chi connectivity index (χ1) is 14.2. The largest absolute Gasteiger partial charge is 0.477 e. The van der Waals surface area contributed by atoms with Crippen LogP contribution in [-0.4, -0.2) is 93.5 Å². The molecule has 4 aliphatic rings. The summed E-state index contributed by atoms with van der Waals surface area (Å²) in [6.07, 6.45) is -0.180. The number of aliphatic carboxylic acids is 1. The van der Waals surface area contributed by atoms with Crippen LogP contribution in [0, 0.1) is 11.8 Å². The number of hydrogen-bond acceptors (Lipinski definition) is 7. The minimum atomic E-state index is -1.11. The average Bonchev–Trinajstić information content (AvgIpc) is 3.23. The van der Waals surface area contributed by atoms with E-state index in [2.05, 4.69) is 17.6 Å². The number of aliphatic hydroxyl groups excluding tert-OH is 1. The van der Waals surface area contributed by atoms with Gasteiger partial charge in [-0.15, -0.1) is 11.8 Å². The number of aliphatic hydroxyl groups is 1. The molecule has 0 bridgehead atoms. The van der Waals surface area contributed by atoms with Crippen molar-refractivity contribution < 1.29 is 24.6 Å². The fourth-order valence-corrected chi connectivity index (χ4v) is 6.67. The summed E-state index contributed by atoms with van der Waals surface area (Å²) in [6.45, 7) is 8.36. The standard InChI is InChI=1S/C20H30N4O5S/c1-9-8-23(5-4-21-9)18(26)13-6-12(7-22-13)30-17-10(2)15-14(11(3)25)19(27)24(15)16(17)20(28)29/h9-15,21-22,25H,4-8H2,1-3H3,(H,28,29)/t9-,10+,11+,12-,13-,14+,15+/m0/s1. The molecule has 30 heavy (non-hydrogen) atoms. The highest BCUT2D eigenvalue weighted by atomic mass is 32.2. The number of thioether (sulfide) groups is 1. The van der Waals surface area contributed by atoms with Gasteiger partial charge in [-0.3, -0.25) is 9.59 Å². The molecule has 0 aliphatic carbocycles. The van der Waals surface area contributed by atoms with Gasteiger partial charge in [-0.25, -0.2) is 4.79 Å². The first kappa shape index (κ1) is 21.6. The summed E-state index contributed by atoms with van der Waals surface area (Å²) in [5.74, 6) is -2.04. The van der Waals surface area contributed by atoms with Gasteiger partial charge in [0.2, 0.25) is 11.8 Å². The topological polar surface area (TPSA) is 122 Å². The normalized spacial score (nSPS) is 37.3. The number of carbonyl (C=O) groups is 3. The van der Waals surface area contributed by atoms with E-state index in [1.807, 2.05) is 11.8 Å². The summed E-state index contributed by atoms with van der Waals surface area (Å²) in [5.41, 5.74) is 0.0464. The Labute approximate surface area is 180 Å². The lowest BCUT2D eigenvalue weighted by Gasteiger charge is -2.46. The van der Waals surface area contributed by atoms with E-state index in [1.54, 1.807) is 6.92 Å². The number of nitrogens with zero attached hydrogens (tertiary/aromatic N) is 2. The Morgan fingerprint density at radius 3 is 2.63 bits per heavy atom. The molecule has 4 aliphatic heterocycles. The maximum atomic E-state index is 12.9. The Hall–Kier alpha value is -1.62. The summed E-state index contributed by atoms with van der Waals surface area (Å²) in [7, 11) is 0. The van der Waals surface area contributed by atoms with Crippen molar-refractivity contribution in [3.8, 4) is 0 Å². The van der Waals surface area contributed by atoms with Crippen molar-refractivity contribution in [3.05, 3.63) is 10.6 Å². The van der Waals surface area contributed by atoms with Crippen molar-refractivity contribution in [2.45, 2.75) is 56.7 Å². The van der Waals surface area contributed by atoms with Crippen LogP contribution >= 0.6 is 11.8 Å². The molecule has 166 valence electrons. The summed E-state index contributed by atoms with van der Waals surface area (Å²) >= 11 is 1.47. The smallest absolute Gasteiger partial charge is 0.353 e. The van der Waals surface area contributed by atoms with Crippen molar-refractivity contribution in [2.24, 2.45) is 11.8 Å². The number of hydrogen-bond donors (Lipinski definition) is 4. The van der Waals surface area contributed by atoms with E-state index in [1.165, 1.54) is 16.7 Å². The number of β-lactam (4-membered cyclic amide) rings is 1. The summed E-state index contributed by atoms with van der Waals surface area (Å²) < 4.78 is 0. The van der Waals surface area contributed by atoms with Crippen LogP contribution in [-0.2, 0) is 14.4 Å². The van der Waals surface area contributed by atoms with Gasteiger partial charge in [0.05, 0.1) is 24.1 Å². The third-order valence-corrected chi connectivity index (χ3v) is 8.19. The molecule has 0 aromatic heterocycles. The molecule has 3 fully saturated rings. The Bertz CT molecular complexity index is 787. The van der Waals surface area contributed by atoms with E-state index in [4.69, 9.17) is 0 Å². The lowest BCUT2D eigenvalue weighted by Crippen LogP contribution is -2.63. The van der Waals surface area contributed by atoms with Crippen LogP contribution < -0.4 is 10.6 Å². The van der Waals surface area contributed by atoms with Gasteiger partial charge in [0.25, 0.3) is 0 Å². The molecule has 7 atom stereocenters. The molecule has 4 N–H and O–H groups in total. The van der Waals surface area contributed by atoms with Crippen LogP contribution in [0.1, 0.15) is 27.2 Å². The predicted octanol–water partition coefficient (Wildman–Crippen LogP) is -0.576. The zero-order valence-electron chi connectivity index (χ0n) is 17.5. The van der Waals surface area contributed by atoms with Crippen LogP contribution in [0.3, 0.4) is 0 Å². The minimum Gasteiger partial charge on any atom is -0.477 e. The maximum Gasteiger partial charge on any atom is 0.353 e. The maximum absolute atomic E-state index is 12.9. The van der Waals surface area contributed by atoms with E-state index in [9.17, 15) is 24.6 Å². The third kappa shape index (κ3) is 3.53. The number of amides is 2. The van der Waals surface area contributed by atoms with Crippen molar-refractivity contribution in [3.63, 3.8) is 0 Å². The Kier molecular flexibility index (Phi) is 5.86. The number of nitrogens with one attached hydrogen (secondary N) is 2. The Morgan fingerprint density at radius 2 is 2.00 bits per heavy atom. The SMILES string of the molecule is C[C@H]1CN(C(=O)[C@@H]2C[C@H](SC3=C(C(=O)O)N4C(=O)[C@H]([C@@H](C)O)[C@H]4[C@H]3C)CN2)CCN1. The lowest BCUT2D eigenvalue weighted by atomic mass is 9.79. The first-order valence-corrected chi connectivity index (χ1v) is 11.5. The molecule has 0 saturated carbocycles. The van der Waals surface area contributed by atoms with Gasteiger partial charge in [0, 0.05) is 48.3 Å². The van der Waals surface area contributed by atoms with E-state index in [0.29, 0.717) is 31.0 Å². The van der Waals surface area contributed by atoms with Gasteiger partial charge in [0.1, 0.15) is 5.70 Å². The summed E-state index contributed by atoms with van der Waals surface area (Å²) in [5, 5.41) is 26.4. The number of carbonyl (C=O) groups excluding carboxylic acids is 2. The van der Waals surface area contributed by atoms with Crippen LogP contribution in [0.2, 0.25) is 0 Å². The fraction of sp³-hybridized carbons (Fsp3) is 0.750. The van der Waals surface area contributed by atoms with E-state index >= 15 is 0 Å². The van der Waals surface area contributed by atoms with E-state index in [0.717, 1.165) is 6.54 Å². The molecule has 2 amide bonds. The number of carboxylic acids is 1. The molecule has 4 heterocycles. The number of piperazine rings is 1. The number of carboxylic acid groups (broad SMARTS) is 1. The number of fused-ring (bicyclic) bond motifs is 1. The minimum absolute atomic E-state index is 0.0464. The van der Waals surface area contributed by atoms with Crippen molar-refractivity contribution in [2.75, 3.05) is 26.2 Å². The molecule has 4 rings (SSSR count). The van der Waals surface area contributed by atoms with Crippen molar-refractivity contribution >= 4 is 29.5 Å². The zero-order chi connectivity index (χ0) is 21.7. The highest BCUT2D eigenvalue weighted by molar-refractivity contribution is 8.03. The van der Waals surface area contributed by atoms with Crippen LogP contribution in [0.15, 0.2) is 10.6 Å². The van der Waals surface area contributed by atoms with Crippen LogP contribution in [0.5, 0.6) is 0 Å². The molecular formula is C20H30N4O5S. The molecule has 10 heteroatoms.